The van der Waals surface area contributed by atoms with Crippen LogP contribution in [0.4, 0.5) is 5.95 Å². The molecule has 2 aromatic heterocycles. The highest BCUT2D eigenvalue weighted by molar-refractivity contribution is 5.85. The summed E-state index contributed by atoms with van der Waals surface area (Å²) in [6.07, 6.45) is 1.65. The molecule has 0 bridgehead atoms. The van der Waals surface area contributed by atoms with Crippen molar-refractivity contribution in [1.82, 2.24) is 15.0 Å². The number of hydrogen-bond acceptors (Lipinski definition) is 3. The number of anilines is 1. The van der Waals surface area contributed by atoms with Gasteiger partial charge in [-0.3, -0.25) is 9.78 Å². The fourth-order valence-corrected chi connectivity index (χ4v) is 0.973. The number of hydrogen-bond donors (Lipinski definition) is 3. The van der Waals surface area contributed by atoms with Gasteiger partial charge in [-0.25, -0.2) is 4.98 Å². The molecule has 0 atom stereocenters. The summed E-state index contributed by atoms with van der Waals surface area (Å²) in [5, 5.41) is 0. The summed E-state index contributed by atoms with van der Waals surface area (Å²) in [6, 6.07) is 1.70. The number of fused-ring (bicyclic) bond motifs is 1. The predicted octanol–water partition coefficient (Wildman–Crippen LogP) is 0.255. The second-order valence-corrected chi connectivity index (χ2v) is 2.19. The van der Waals surface area contributed by atoms with E-state index in [0.717, 1.165) is 0 Å². The standard InChI is InChI=1S/C6H6N4O.ClH/c7-6-9-3-1-2-8-4(3)5(11)10-6;/h1-2,8H,(H3,7,9,10,11);1H. The fourth-order valence-electron chi connectivity index (χ4n) is 0.973. The molecule has 0 aliphatic carbocycles. The molecule has 0 amide bonds. The van der Waals surface area contributed by atoms with Crippen LogP contribution >= 0.6 is 12.4 Å². The molecule has 0 aliphatic heterocycles. The molecule has 0 spiro atoms. The van der Waals surface area contributed by atoms with Crippen molar-refractivity contribution in [2.24, 2.45) is 0 Å². The first-order chi connectivity index (χ1) is 5.27. The van der Waals surface area contributed by atoms with Gasteiger partial charge in [0.25, 0.3) is 5.56 Å². The number of H-pyrrole nitrogens is 2. The first kappa shape index (κ1) is 8.61. The Hall–Kier alpha value is -1.49. The predicted molar refractivity (Wildman–Crippen MR) is 48.4 cm³/mol. The lowest BCUT2D eigenvalue weighted by atomic mass is 10.5. The van der Waals surface area contributed by atoms with Crippen LogP contribution in [0.3, 0.4) is 0 Å². The highest BCUT2D eigenvalue weighted by atomic mass is 35.5. The summed E-state index contributed by atoms with van der Waals surface area (Å²) >= 11 is 0. The minimum absolute atomic E-state index is 0. The topological polar surface area (TPSA) is 87.6 Å². The third-order valence-corrected chi connectivity index (χ3v) is 1.43. The highest BCUT2D eigenvalue weighted by Crippen LogP contribution is 2.02. The van der Waals surface area contributed by atoms with Crippen LogP contribution in [0.1, 0.15) is 0 Å². The number of nitrogens with zero attached hydrogens (tertiary/aromatic N) is 1. The van der Waals surface area contributed by atoms with Crippen molar-refractivity contribution >= 4 is 29.4 Å². The Labute approximate surface area is 73.4 Å². The van der Waals surface area contributed by atoms with Crippen molar-refractivity contribution < 1.29 is 0 Å². The van der Waals surface area contributed by atoms with Gasteiger partial charge >= 0.3 is 0 Å². The SMILES string of the molecule is Cl.Nc1nc2cc[nH]c2c(=O)[nH]1. The average Bonchev–Trinajstić information content (AvgIpc) is 2.34. The van der Waals surface area contributed by atoms with Crippen molar-refractivity contribution in [3.63, 3.8) is 0 Å². The molecule has 0 aliphatic rings. The van der Waals surface area contributed by atoms with Gasteiger partial charge in [-0.2, -0.15) is 0 Å². The zero-order chi connectivity index (χ0) is 7.84. The van der Waals surface area contributed by atoms with Crippen LogP contribution in [-0.2, 0) is 0 Å². The third kappa shape index (κ3) is 1.14. The number of nitrogen functional groups attached to an aromatic ring is 1. The highest BCUT2D eigenvalue weighted by Gasteiger charge is 2.00. The van der Waals surface area contributed by atoms with E-state index in [-0.39, 0.29) is 23.9 Å². The number of nitrogens with one attached hydrogen (secondary N) is 2. The second kappa shape index (κ2) is 2.86. The Balaban J connectivity index is 0.000000720. The maximum absolute atomic E-state index is 11.1. The van der Waals surface area contributed by atoms with Crippen molar-refractivity contribution in [2.75, 3.05) is 5.73 Å². The van der Waals surface area contributed by atoms with Crippen molar-refractivity contribution in [3.05, 3.63) is 22.6 Å². The molecule has 4 N–H and O–H groups in total. The monoisotopic (exact) mass is 186 g/mol. The molecule has 0 aromatic carbocycles. The fraction of sp³-hybridized carbons (Fsp3) is 0. The summed E-state index contributed by atoms with van der Waals surface area (Å²) in [7, 11) is 0. The lowest BCUT2D eigenvalue weighted by Crippen LogP contribution is -2.10. The van der Waals surface area contributed by atoms with Crippen molar-refractivity contribution in [2.45, 2.75) is 0 Å². The molecule has 12 heavy (non-hydrogen) atoms. The average molecular weight is 187 g/mol. The zero-order valence-electron chi connectivity index (χ0n) is 6.00. The van der Waals surface area contributed by atoms with Gasteiger partial charge in [0.2, 0.25) is 5.95 Å². The summed E-state index contributed by atoms with van der Waals surface area (Å²) in [5.41, 5.74) is 6.11. The molecule has 2 heterocycles. The minimum Gasteiger partial charge on any atom is -0.369 e. The van der Waals surface area contributed by atoms with E-state index in [9.17, 15) is 4.79 Å². The van der Waals surface area contributed by atoms with E-state index in [0.29, 0.717) is 11.0 Å². The van der Waals surface area contributed by atoms with E-state index in [1.165, 1.54) is 0 Å². The van der Waals surface area contributed by atoms with Gasteiger partial charge in [-0.15, -0.1) is 12.4 Å². The molecule has 0 radical (unpaired) electrons. The molecular weight excluding hydrogens is 180 g/mol. The summed E-state index contributed by atoms with van der Waals surface area (Å²) in [6.45, 7) is 0. The largest absolute Gasteiger partial charge is 0.369 e. The van der Waals surface area contributed by atoms with Gasteiger partial charge in [0.1, 0.15) is 5.52 Å². The second-order valence-electron chi connectivity index (χ2n) is 2.19. The third-order valence-electron chi connectivity index (χ3n) is 1.43. The Bertz CT molecular complexity index is 446. The molecule has 0 unspecified atom stereocenters. The van der Waals surface area contributed by atoms with Crippen LogP contribution in [0.5, 0.6) is 0 Å². The molecule has 2 aromatic rings. The molecule has 5 nitrogen and oxygen atoms in total. The molecular formula is C6H7ClN4O. The van der Waals surface area contributed by atoms with E-state index in [4.69, 9.17) is 5.73 Å². The molecule has 2 rings (SSSR count). The summed E-state index contributed by atoms with van der Waals surface area (Å²) < 4.78 is 0. The Morgan fingerprint density at radius 2 is 2.25 bits per heavy atom. The van der Waals surface area contributed by atoms with Gasteiger partial charge in [-0.05, 0) is 6.07 Å². The maximum Gasteiger partial charge on any atom is 0.276 e. The van der Waals surface area contributed by atoms with Gasteiger partial charge in [0, 0.05) is 6.20 Å². The van der Waals surface area contributed by atoms with Crippen molar-refractivity contribution in [3.8, 4) is 0 Å². The molecule has 6 heteroatoms. The van der Waals surface area contributed by atoms with E-state index in [2.05, 4.69) is 15.0 Å². The Morgan fingerprint density at radius 3 is 3.00 bits per heavy atom. The minimum atomic E-state index is -0.238. The lowest BCUT2D eigenvalue weighted by molar-refractivity contribution is 1.18. The van der Waals surface area contributed by atoms with E-state index in [1.54, 1.807) is 12.3 Å². The Kier molecular flexibility index (Phi) is 2.05. The number of aromatic nitrogens is 3. The van der Waals surface area contributed by atoms with Gasteiger partial charge in [0.05, 0.1) is 5.52 Å². The zero-order valence-corrected chi connectivity index (χ0v) is 6.81. The van der Waals surface area contributed by atoms with Crippen LogP contribution in [-0.4, -0.2) is 15.0 Å². The van der Waals surface area contributed by atoms with Crippen molar-refractivity contribution in [1.29, 1.82) is 0 Å². The van der Waals surface area contributed by atoms with Crippen LogP contribution in [0, 0.1) is 0 Å². The smallest absolute Gasteiger partial charge is 0.276 e. The first-order valence-corrected chi connectivity index (χ1v) is 3.10. The van der Waals surface area contributed by atoms with Crippen LogP contribution in [0.25, 0.3) is 11.0 Å². The summed E-state index contributed by atoms with van der Waals surface area (Å²) in [4.78, 5) is 20.1. The maximum atomic E-state index is 11.1. The van der Waals surface area contributed by atoms with E-state index in [1.807, 2.05) is 0 Å². The number of nitrogens with two attached hydrogens (primary N) is 1. The first-order valence-electron chi connectivity index (χ1n) is 3.10. The van der Waals surface area contributed by atoms with E-state index < -0.39 is 0 Å². The van der Waals surface area contributed by atoms with Gasteiger partial charge < -0.3 is 10.7 Å². The number of halogens is 1. The van der Waals surface area contributed by atoms with Crippen LogP contribution < -0.4 is 11.3 Å². The Morgan fingerprint density at radius 1 is 1.50 bits per heavy atom. The number of rotatable bonds is 0. The summed E-state index contributed by atoms with van der Waals surface area (Å²) in [5.74, 6) is 0.141. The number of aromatic amines is 2. The lowest BCUT2D eigenvalue weighted by Gasteiger charge is -1.90. The molecule has 0 fully saturated rings. The molecule has 64 valence electrons. The normalized spacial score (nSPS) is 9.67. The molecule has 0 saturated heterocycles. The molecule has 0 saturated carbocycles. The quantitative estimate of drug-likeness (QED) is 0.551. The van der Waals surface area contributed by atoms with Gasteiger partial charge in [-0.1, -0.05) is 0 Å². The van der Waals surface area contributed by atoms with Crippen LogP contribution in [0.2, 0.25) is 0 Å². The van der Waals surface area contributed by atoms with Crippen LogP contribution in [0.15, 0.2) is 17.1 Å². The van der Waals surface area contributed by atoms with E-state index >= 15 is 0 Å². The van der Waals surface area contributed by atoms with Gasteiger partial charge in [0.15, 0.2) is 0 Å².